The Morgan fingerprint density at radius 2 is 1.89 bits per heavy atom. The molecule has 1 N–H and O–H groups in total. The van der Waals surface area contributed by atoms with Crippen molar-refractivity contribution in [2.75, 3.05) is 18.2 Å². The lowest BCUT2D eigenvalue weighted by Gasteiger charge is -2.04. The molecule has 0 unspecified atom stereocenters. The van der Waals surface area contributed by atoms with Gasteiger partial charge in [-0.15, -0.1) is 11.6 Å². The first kappa shape index (κ1) is 14.9. The smallest absolute Gasteiger partial charge is 0.258 e. The molecule has 6 nitrogen and oxygen atoms in total. The number of nitro groups is 1. The van der Waals surface area contributed by atoms with E-state index in [9.17, 15) is 18.5 Å². The lowest BCUT2D eigenvalue weighted by molar-refractivity contribution is -0.384. The van der Waals surface area contributed by atoms with Gasteiger partial charge in [-0.25, -0.2) is 13.1 Å². The van der Waals surface area contributed by atoms with E-state index in [1.165, 1.54) is 12.1 Å². The van der Waals surface area contributed by atoms with Crippen molar-refractivity contribution >= 4 is 27.3 Å². The van der Waals surface area contributed by atoms with Crippen molar-refractivity contribution < 1.29 is 13.3 Å². The minimum atomic E-state index is -3.31. The molecule has 1 rings (SSSR count). The summed E-state index contributed by atoms with van der Waals surface area (Å²) < 4.78 is 25.0. The van der Waals surface area contributed by atoms with Gasteiger partial charge < -0.3 is 0 Å². The van der Waals surface area contributed by atoms with Crippen LogP contribution in [0.5, 0.6) is 0 Å². The largest absolute Gasteiger partial charge is 0.269 e. The van der Waals surface area contributed by atoms with E-state index >= 15 is 0 Å². The molecule has 0 fully saturated rings. The van der Waals surface area contributed by atoms with Gasteiger partial charge in [-0.1, -0.05) is 12.1 Å². The number of sulfonamides is 1. The van der Waals surface area contributed by atoms with Crippen LogP contribution in [-0.2, 0) is 16.4 Å². The van der Waals surface area contributed by atoms with Crippen molar-refractivity contribution in [3.05, 3.63) is 39.9 Å². The van der Waals surface area contributed by atoms with Crippen molar-refractivity contribution in [3.63, 3.8) is 0 Å². The molecule has 8 heteroatoms. The zero-order valence-electron chi connectivity index (χ0n) is 9.50. The molecule has 0 amide bonds. The predicted octanol–water partition coefficient (Wildman–Crippen LogP) is 1.30. The van der Waals surface area contributed by atoms with Gasteiger partial charge in [0.15, 0.2) is 0 Å². The summed E-state index contributed by atoms with van der Waals surface area (Å²) in [5, 5.41) is 10.4. The fourth-order valence-corrected chi connectivity index (χ4v) is 2.68. The van der Waals surface area contributed by atoms with E-state index in [-0.39, 0.29) is 23.9 Å². The summed E-state index contributed by atoms with van der Waals surface area (Å²) in [5.74, 6) is -0.0678. The second-order valence-corrected chi connectivity index (χ2v) is 5.88. The maximum Gasteiger partial charge on any atom is 0.269 e. The number of nitrogens with one attached hydrogen (secondary N) is 1. The second-order valence-electron chi connectivity index (χ2n) is 3.58. The van der Waals surface area contributed by atoms with Crippen LogP contribution in [0, 0.1) is 10.1 Å². The highest BCUT2D eigenvalue weighted by Gasteiger charge is 2.08. The molecule has 100 valence electrons. The van der Waals surface area contributed by atoms with E-state index in [0.29, 0.717) is 6.42 Å². The van der Waals surface area contributed by atoms with Gasteiger partial charge in [0.25, 0.3) is 5.69 Å². The first-order valence-corrected chi connectivity index (χ1v) is 7.40. The molecule has 0 aliphatic carbocycles. The van der Waals surface area contributed by atoms with E-state index in [1.807, 2.05) is 0 Å². The number of alkyl halides is 1. The molecule has 0 aliphatic heterocycles. The van der Waals surface area contributed by atoms with Gasteiger partial charge >= 0.3 is 0 Å². The second kappa shape index (κ2) is 6.67. The Morgan fingerprint density at radius 3 is 2.39 bits per heavy atom. The summed E-state index contributed by atoms with van der Waals surface area (Å²) in [6.07, 6.45) is 0.472. The van der Waals surface area contributed by atoms with Crippen LogP contribution in [0.1, 0.15) is 5.56 Å². The van der Waals surface area contributed by atoms with Crippen molar-refractivity contribution in [2.45, 2.75) is 6.42 Å². The minimum Gasteiger partial charge on any atom is -0.258 e. The topological polar surface area (TPSA) is 89.3 Å². The minimum absolute atomic E-state index is 0.0153. The van der Waals surface area contributed by atoms with E-state index in [1.54, 1.807) is 12.1 Å². The van der Waals surface area contributed by atoms with Crippen LogP contribution in [0.25, 0.3) is 0 Å². The third kappa shape index (κ3) is 4.99. The normalized spacial score (nSPS) is 11.4. The number of benzene rings is 1. The summed E-state index contributed by atoms with van der Waals surface area (Å²) in [4.78, 5) is 9.95. The molecular weight excluding hydrogens is 280 g/mol. The fraction of sp³-hybridized carbons (Fsp3) is 0.400. The molecule has 0 spiro atoms. The van der Waals surface area contributed by atoms with Crippen molar-refractivity contribution in [3.8, 4) is 0 Å². The summed E-state index contributed by atoms with van der Waals surface area (Å²) in [5.41, 5.74) is 0.843. The van der Waals surface area contributed by atoms with Crippen LogP contribution in [0.3, 0.4) is 0 Å². The molecule has 0 saturated heterocycles. The molecular formula is C10H13ClN2O4S. The van der Waals surface area contributed by atoms with Gasteiger partial charge in [-0.3, -0.25) is 10.1 Å². The van der Waals surface area contributed by atoms with E-state index in [2.05, 4.69) is 4.72 Å². The Kier molecular flexibility index (Phi) is 5.52. The maximum absolute atomic E-state index is 11.3. The van der Waals surface area contributed by atoms with Crippen LogP contribution >= 0.6 is 11.6 Å². The zero-order chi connectivity index (χ0) is 13.6. The molecule has 18 heavy (non-hydrogen) atoms. The molecule has 0 aromatic heterocycles. The number of rotatable bonds is 7. The SMILES string of the molecule is O=[N+]([O-])c1ccc(CCNS(=O)(=O)CCCl)cc1. The number of hydrogen-bond donors (Lipinski definition) is 1. The number of non-ortho nitro benzene ring substituents is 1. The molecule has 0 heterocycles. The highest BCUT2D eigenvalue weighted by Crippen LogP contribution is 2.11. The van der Waals surface area contributed by atoms with Gasteiger partial charge in [0.1, 0.15) is 0 Å². The van der Waals surface area contributed by atoms with Crippen molar-refractivity contribution in [1.82, 2.24) is 4.72 Å². The standard InChI is InChI=1S/C10H13ClN2O4S/c11-6-8-18(16,17)12-7-5-9-1-3-10(4-2-9)13(14)15/h1-4,12H,5-8H2. The molecule has 0 atom stereocenters. The third-order valence-electron chi connectivity index (χ3n) is 2.23. The van der Waals surface area contributed by atoms with Crippen LogP contribution in [-0.4, -0.2) is 31.5 Å². The van der Waals surface area contributed by atoms with Crippen LogP contribution in [0.2, 0.25) is 0 Å². The summed E-state index contributed by atoms with van der Waals surface area (Å²) >= 11 is 5.35. The molecule has 1 aromatic rings. The Hall–Kier alpha value is -1.18. The van der Waals surface area contributed by atoms with Gasteiger partial charge in [0.05, 0.1) is 10.7 Å². The Labute approximate surface area is 110 Å². The first-order chi connectivity index (χ1) is 8.44. The number of hydrogen-bond acceptors (Lipinski definition) is 4. The predicted molar refractivity (Wildman–Crippen MR) is 69.3 cm³/mol. The van der Waals surface area contributed by atoms with Crippen LogP contribution in [0.15, 0.2) is 24.3 Å². The zero-order valence-corrected chi connectivity index (χ0v) is 11.1. The van der Waals surface area contributed by atoms with Gasteiger partial charge in [0.2, 0.25) is 10.0 Å². The number of nitrogens with zero attached hydrogens (tertiary/aromatic N) is 1. The van der Waals surface area contributed by atoms with Crippen LogP contribution < -0.4 is 4.72 Å². The quantitative estimate of drug-likeness (QED) is 0.466. The van der Waals surface area contributed by atoms with E-state index in [4.69, 9.17) is 11.6 Å². The fourth-order valence-electron chi connectivity index (χ4n) is 1.31. The average molecular weight is 293 g/mol. The Balaban J connectivity index is 2.47. The van der Waals surface area contributed by atoms with Crippen molar-refractivity contribution in [2.24, 2.45) is 0 Å². The summed E-state index contributed by atoms with van der Waals surface area (Å²) in [6.45, 7) is 0.247. The average Bonchev–Trinajstić information content (AvgIpc) is 2.29. The highest BCUT2D eigenvalue weighted by molar-refractivity contribution is 7.89. The Bertz CT molecular complexity index is 501. The van der Waals surface area contributed by atoms with E-state index in [0.717, 1.165) is 5.56 Å². The Morgan fingerprint density at radius 1 is 1.28 bits per heavy atom. The first-order valence-electron chi connectivity index (χ1n) is 5.21. The molecule has 0 saturated carbocycles. The lowest BCUT2D eigenvalue weighted by atomic mass is 10.1. The highest BCUT2D eigenvalue weighted by atomic mass is 35.5. The van der Waals surface area contributed by atoms with Gasteiger partial charge in [-0.05, 0) is 12.0 Å². The maximum atomic E-state index is 11.3. The van der Waals surface area contributed by atoms with Gasteiger partial charge in [-0.2, -0.15) is 0 Å². The lowest BCUT2D eigenvalue weighted by Crippen LogP contribution is -2.28. The van der Waals surface area contributed by atoms with Crippen LogP contribution in [0.4, 0.5) is 5.69 Å². The molecule has 0 aliphatic rings. The third-order valence-corrected chi connectivity index (χ3v) is 4.03. The summed E-state index contributed by atoms with van der Waals surface area (Å²) in [7, 11) is -3.31. The monoisotopic (exact) mass is 292 g/mol. The summed E-state index contributed by atoms with van der Waals surface area (Å²) in [6, 6.07) is 5.99. The number of halogens is 1. The molecule has 0 bridgehead atoms. The molecule has 0 radical (unpaired) electrons. The van der Waals surface area contributed by atoms with Crippen molar-refractivity contribution in [1.29, 1.82) is 0 Å². The number of nitro benzene ring substituents is 1. The van der Waals surface area contributed by atoms with Gasteiger partial charge in [0, 0.05) is 24.6 Å². The van der Waals surface area contributed by atoms with E-state index < -0.39 is 14.9 Å². The molecule has 1 aromatic carbocycles.